The molecule has 2 N–H and O–H groups in total. The molecule has 0 saturated carbocycles. The van der Waals surface area contributed by atoms with Gasteiger partial charge in [0.25, 0.3) is 5.91 Å². The lowest BCUT2D eigenvalue weighted by atomic mass is 10.1. The Labute approximate surface area is 145 Å². The number of hydrogen-bond acceptors (Lipinski definition) is 3. The van der Waals surface area contributed by atoms with Gasteiger partial charge in [0.15, 0.2) is 0 Å². The molecule has 0 saturated heterocycles. The zero-order valence-corrected chi connectivity index (χ0v) is 13.9. The third-order valence-electron chi connectivity index (χ3n) is 4.15. The van der Waals surface area contributed by atoms with Crippen LogP contribution in [0.15, 0.2) is 54.6 Å². The maximum absolute atomic E-state index is 12.5. The Hall–Kier alpha value is -3.15. The lowest BCUT2D eigenvalue weighted by Crippen LogP contribution is -2.44. The molecule has 25 heavy (non-hydrogen) atoms. The molecule has 6 nitrogen and oxygen atoms in total. The summed E-state index contributed by atoms with van der Waals surface area (Å²) < 4.78 is 0. The van der Waals surface area contributed by atoms with Gasteiger partial charge >= 0.3 is 11.8 Å². The molecule has 1 aliphatic rings. The first-order valence-corrected chi connectivity index (χ1v) is 8.14. The van der Waals surface area contributed by atoms with Crippen LogP contribution < -0.4 is 15.5 Å². The molecule has 0 bridgehead atoms. The Bertz CT molecular complexity index is 805. The zero-order valence-electron chi connectivity index (χ0n) is 13.9. The highest BCUT2D eigenvalue weighted by Gasteiger charge is 2.37. The van der Waals surface area contributed by atoms with Gasteiger partial charge < -0.3 is 15.5 Å². The largest absolute Gasteiger partial charge is 0.344 e. The van der Waals surface area contributed by atoms with E-state index in [1.165, 1.54) is 0 Å². The van der Waals surface area contributed by atoms with Crippen LogP contribution >= 0.6 is 0 Å². The van der Waals surface area contributed by atoms with Gasteiger partial charge in [0, 0.05) is 24.3 Å². The minimum atomic E-state index is -0.828. The number of amides is 3. The molecule has 0 unspecified atom stereocenters. The topological polar surface area (TPSA) is 78.5 Å². The van der Waals surface area contributed by atoms with Gasteiger partial charge in [-0.2, -0.15) is 0 Å². The second-order valence-electron chi connectivity index (χ2n) is 5.72. The molecule has 3 rings (SSSR count). The minimum absolute atomic E-state index is 0.229. The monoisotopic (exact) mass is 337 g/mol. The summed E-state index contributed by atoms with van der Waals surface area (Å²) in [7, 11) is 0. The molecule has 3 amide bonds. The van der Waals surface area contributed by atoms with Gasteiger partial charge in [0.05, 0.1) is 0 Å². The zero-order chi connectivity index (χ0) is 17.8. The van der Waals surface area contributed by atoms with Crippen molar-refractivity contribution >= 4 is 23.4 Å². The lowest BCUT2D eigenvalue weighted by molar-refractivity contribution is -0.140. The smallest absolute Gasteiger partial charge is 0.310 e. The predicted molar refractivity (Wildman–Crippen MR) is 93.6 cm³/mol. The number of likely N-dealkylation sites (N-methyl/N-ethyl adjacent to an activating group) is 1. The number of carbonyl (C=O) groups excluding carboxylic acids is 3. The minimum Gasteiger partial charge on any atom is -0.344 e. The summed E-state index contributed by atoms with van der Waals surface area (Å²) in [6.45, 7) is 2.62. The molecule has 0 aliphatic carbocycles. The third kappa shape index (κ3) is 3.38. The van der Waals surface area contributed by atoms with Gasteiger partial charge in [-0.3, -0.25) is 14.4 Å². The van der Waals surface area contributed by atoms with Gasteiger partial charge in [-0.15, -0.1) is 0 Å². The van der Waals surface area contributed by atoms with E-state index in [9.17, 15) is 14.4 Å². The Balaban J connectivity index is 1.66. The molecule has 0 spiro atoms. The van der Waals surface area contributed by atoms with Gasteiger partial charge in [-0.25, -0.2) is 0 Å². The molecular weight excluding hydrogens is 318 g/mol. The van der Waals surface area contributed by atoms with E-state index in [-0.39, 0.29) is 12.5 Å². The van der Waals surface area contributed by atoms with Crippen molar-refractivity contribution in [2.75, 3.05) is 11.4 Å². The van der Waals surface area contributed by atoms with Crippen LogP contribution in [-0.2, 0) is 20.9 Å². The summed E-state index contributed by atoms with van der Waals surface area (Å²) in [6, 6.07) is 15.7. The number of fused-ring (bicyclic) bond motifs is 1. The molecule has 2 aromatic carbocycles. The average Bonchev–Trinajstić information content (AvgIpc) is 2.91. The van der Waals surface area contributed by atoms with Crippen LogP contribution in [0.25, 0.3) is 0 Å². The Morgan fingerprint density at radius 2 is 1.68 bits per heavy atom. The van der Waals surface area contributed by atoms with Crippen molar-refractivity contribution in [3.05, 3.63) is 65.7 Å². The number of hydrogen-bond donors (Lipinski definition) is 2. The molecule has 128 valence electrons. The summed E-state index contributed by atoms with van der Waals surface area (Å²) >= 11 is 0. The van der Waals surface area contributed by atoms with Crippen LogP contribution in [0.5, 0.6) is 0 Å². The van der Waals surface area contributed by atoms with Crippen molar-refractivity contribution in [1.82, 2.24) is 10.6 Å². The predicted octanol–water partition coefficient (Wildman–Crippen LogP) is 1.53. The van der Waals surface area contributed by atoms with Crippen LogP contribution in [0, 0.1) is 0 Å². The first-order valence-electron chi connectivity index (χ1n) is 8.14. The van der Waals surface area contributed by atoms with Crippen LogP contribution in [-0.4, -0.2) is 24.3 Å². The fraction of sp³-hybridized carbons (Fsp3) is 0.211. The van der Waals surface area contributed by atoms with Crippen LogP contribution in [0.3, 0.4) is 0 Å². The highest BCUT2D eigenvalue weighted by molar-refractivity contribution is 6.35. The van der Waals surface area contributed by atoms with Crippen molar-refractivity contribution in [2.24, 2.45) is 0 Å². The summed E-state index contributed by atoms with van der Waals surface area (Å²) in [5.74, 6) is -1.81. The van der Waals surface area contributed by atoms with E-state index in [4.69, 9.17) is 0 Å². The number of para-hydroxylation sites is 1. The van der Waals surface area contributed by atoms with Crippen LogP contribution in [0.2, 0.25) is 0 Å². The Kier molecular flexibility index (Phi) is 4.79. The van der Waals surface area contributed by atoms with Gasteiger partial charge in [-0.1, -0.05) is 48.5 Å². The van der Waals surface area contributed by atoms with E-state index < -0.39 is 17.9 Å². The molecule has 6 heteroatoms. The number of carbonyl (C=O) groups is 3. The van der Waals surface area contributed by atoms with Crippen molar-refractivity contribution in [1.29, 1.82) is 0 Å². The molecule has 0 aromatic heterocycles. The van der Waals surface area contributed by atoms with E-state index in [0.29, 0.717) is 12.1 Å². The molecule has 0 radical (unpaired) electrons. The van der Waals surface area contributed by atoms with Gasteiger partial charge in [0.1, 0.15) is 6.04 Å². The van der Waals surface area contributed by atoms with Crippen molar-refractivity contribution in [3.8, 4) is 0 Å². The molecule has 0 fully saturated rings. The number of benzene rings is 2. The first-order chi connectivity index (χ1) is 12.1. The maximum atomic E-state index is 12.5. The second-order valence-corrected chi connectivity index (χ2v) is 5.72. The molecule has 1 aliphatic heterocycles. The number of anilines is 1. The summed E-state index contributed by atoms with van der Waals surface area (Å²) in [4.78, 5) is 38.3. The summed E-state index contributed by atoms with van der Waals surface area (Å²) in [5, 5.41) is 5.10. The highest BCUT2D eigenvalue weighted by atomic mass is 16.2. The van der Waals surface area contributed by atoms with E-state index >= 15 is 0 Å². The standard InChI is InChI=1S/C19H19N3O3/c1-2-22-15-11-7-6-10-14(15)16(19(22)25)21-18(24)17(23)20-12-13-8-4-3-5-9-13/h3-11,16H,2,12H2,1H3,(H,20,23)(H,21,24)/t16-/m0/s1. The van der Waals surface area contributed by atoms with Crippen LogP contribution in [0.1, 0.15) is 24.1 Å². The number of nitrogens with zero attached hydrogens (tertiary/aromatic N) is 1. The molecule has 1 atom stereocenters. The Morgan fingerprint density at radius 1 is 1.00 bits per heavy atom. The third-order valence-corrected chi connectivity index (χ3v) is 4.15. The maximum Gasteiger partial charge on any atom is 0.310 e. The number of rotatable bonds is 4. The lowest BCUT2D eigenvalue weighted by Gasteiger charge is -2.15. The van der Waals surface area contributed by atoms with E-state index in [2.05, 4.69) is 10.6 Å². The molecule has 1 heterocycles. The summed E-state index contributed by atoms with van der Waals surface area (Å²) in [5.41, 5.74) is 2.37. The van der Waals surface area contributed by atoms with E-state index in [1.54, 1.807) is 17.0 Å². The van der Waals surface area contributed by atoms with Gasteiger partial charge in [0.2, 0.25) is 0 Å². The van der Waals surface area contributed by atoms with Crippen molar-refractivity contribution in [3.63, 3.8) is 0 Å². The number of nitrogens with one attached hydrogen (secondary N) is 2. The first kappa shape index (κ1) is 16.7. The summed E-state index contributed by atoms with van der Waals surface area (Å²) in [6.07, 6.45) is 0. The highest BCUT2D eigenvalue weighted by Crippen LogP contribution is 2.35. The van der Waals surface area contributed by atoms with E-state index in [0.717, 1.165) is 11.3 Å². The second kappa shape index (κ2) is 7.17. The van der Waals surface area contributed by atoms with Crippen molar-refractivity contribution < 1.29 is 14.4 Å². The quantitative estimate of drug-likeness (QED) is 0.831. The molecule has 2 aromatic rings. The van der Waals surface area contributed by atoms with Crippen molar-refractivity contribution in [2.45, 2.75) is 19.5 Å². The molecular formula is C19H19N3O3. The average molecular weight is 337 g/mol. The van der Waals surface area contributed by atoms with Crippen LogP contribution in [0.4, 0.5) is 5.69 Å². The normalized spacial score (nSPS) is 15.6. The fourth-order valence-corrected chi connectivity index (χ4v) is 2.91. The van der Waals surface area contributed by atoms with E-state index in [1.807, 2.05) is 49.4 Å². The Morgan fingerprint density at radius 3 is 2.40 bits per heavy atom. The SMILES string of the molecule is CCN1C(=O)[C@@H](NC(=O)C(=O)NCc2ccccc2)c2ccccc21. The van der Waals surface area contributed by atoms with Gasteiger partial charge in [-0.05, 0) is 18.6 Å². The fourth-order valence-electron chi connectivity index (χ4n) is 2.91.